The summed E-state index contributed by atoms with van der Waals surface area (Å²) < 4.78 is 38.1. The molecule has 0 unspecified atom stereocenters. The van der Waals surface area contributed by atoms with E-state index in [1.54, 1.807) is 0 Å². The monoisotopic (exact) mass is 331 g/mol. The first kappa shape index (κ1) is 16.3. The largest absolute Gasteiger partial charge is 0.506 e. The van der Waals surface area contributed by atoms with Crippen LogP contribution < -0.4 is 5.73 Å². The number of phenols is 1. The smallest absolute Gasteiger partial charge is 0.416 e. The quantitative estimate of drug-likeness (QED) is 0.810. The van der Waals surface area contributed by atoms with E-state index in [-0.39, 0.29) is 22.4 Å². The standard InChI is InChI=1S/C10H9BrF3NO.ClH/c1-2-7(15)8-5(10(12,13)14)3-4-6(11)9(8)16;/h2-4,7,16H,1,15H2;1H/t7-;/m0./s1. The van der Waals surface area contributed by atoms with E-state index in [2.05, 4.69) is 22.5 Å². The Labute approximate surface area is 111 Å². The van der Waals surface area contributed by atoms with Gasteiger partial charge < -0.3 is 10.8 Å². The molecule has 0 aromatic heterocycles. The van der Waals surface area contributed by atoms with Gasteiger partial charge in [-0.15, -0.1) is 19.0 Å². The number of rotatable bonds is 2. The molecule has 0 bridgehead atoms. The van der Waals surface area contributed by atoms with Gasteiger partial charge in [-0.1, -0.05) is 6.08 Å². The van der Waals surface area contributed by atoms with Crippen LogP contribution in [0.2, 0.25) is 0 Å². The second-order valence-electron chi connectivity index (χ2n) is 3.12. The molecule has 1 aromatic carbocycles. The van der Waals surface area contributed by atoms with Crippen molar-refractivity contribution < 1.29 is 18.3 Å². The molecule has 0 saturated carbocycles. The first-order valence-corrected chi connectivity index (χ1v) is 5.05. The molecule has 0 radical (unpaired) electrons. The molecular weight excluding hydrogens is 322 g/mol. The molecule has 0 aliphatic rings. The summed E-state index contributed by atoms with van der Waals surface area (Å²) in [6.45, 7) is 3.31. The Morgan fingerprint density at radius 2 is 1.94 bits per heavy atom. The van der Waals surface area contributed by atoms with Crippen molar-refractivity contribution in [2.45, 2.75) is 12.2 Å². The highest BCUT2D eigenvalue weighted by molar-refractivity contribution is 9.10. The first-order valence-electron chi connectivity index (χ1n) is 4.25. The van der Waals surface area contributed by atoms with E-state index in [1.807, 2.05) is 0 Å². The summed E-state index contributed by atoms with van der Waals surface area (Å²) in [5.74, 6) is -0.512. The molecule has 96 valence electrons. The molecule has 0 aliphatic heterocycles. The van der Waals surface area contributed by atoms with E-state index in [4.69, 9.17) is 5.73 Å². The van der Waals surface area contributed by atoms with Crippen molar-refractivity contribution in [3.05, 3.63) is 40.4 Å². The van der Waals surface area contributed by atoms with Crippen LogP contribution in [0.25, 0.3) is 0 Å². The molecule has 0 aliphatic carbocycles. The van der Waals surface area contributed by atoms with Crippen molar-refractivity contribution in [2.24, 2.45) is 5.73 Å². The highest BCUT2D eigenvalue weighted by atomic mass is 79.9. The lowest BCUT2D eigenvalue weighted by atomic mass is 9.99. The molecule has 0 amide bonds. The summed E-state index contributed by atoms with van der Waals surface area (Å²) in [4.78, 5) is 0. The molecule has 0 spiro atoms. The summed E-state index contributed by atoms with van der Waals surface area (Å²) in [6.07, 6.45) is -3.43. The van der Waals surface area contributed by atoms with Gasteiger partial charge in [-0.3, -0.25) is 0 Å². The predicted octanol–water partition coefficient (Wildman–Crippen LogP) is 3.78. The zero-order chi connectivity index (χ0) is 12.5. The molecule has 0 heterocycles. The van der Waals surface area contributed by atoms with Crippen molar-refractivity contribution in [3.8, 4) is 5.75 Å². The normalized spacial score (nSPS) is 12.8. The minimum atomic E-state index is -4.56. The van der Waals surface area contributed by atoms with Crippen LogP contribution in [0.4, 0.5) is 13.2 Å². The third-order valence-corrected chi connectivity index (χ3v) is 2.70. The van der Waals surface area contributed by atoms with Gasteiger partial charge in [-0.05, 0) is 28.1 Å². The lowest BCUT2D eigenvalue weighted by molar-refractivity contribution is -0.138. The fraction of sp³-hybridized carbons (Fsp3) is 0.200. The SMILES string of the molecule is C=C[C@H](N)c1c(C(F)(F)F)ccc(Br)c1O.Cl. The van der Waals surface area contributed by atoms with Gasteiger partial charge in [0.2, 0.25) is 0 Å². The van der Waals surface area contributed by atoms with Gasteiger partial charge in [0, 0.05) is 5.56 Å². The van der Waals surface area contributed by atoms with Crippen molar-refractivity contribution in [2.75, 3.05) is 0 Å². The minimum Gasteiger partial charge on any atom is -0.506 e. The van der Waals surface area contributed by atoms with Crippen molar-refractivity contribution in [3.63, 3.8) is 0 Å². The molecule has 3 N–H and O–H groups in total. The number of nitrogens with two attached hydrogens (primary N) is 1. The number of halogens is 5. The van der Waals surface area contributed by atoms with Crippen LogP contribution in [0.1, 0.15) is 17.2 Å². The maximum atomic E-state index is 12.6. The number of alkyl halides is 3. The summed E-state index contributed by atoms with van der Waals surface area (Å²) in [7, 11) is 0. The maximum absolute atomic E-state index is 12.6. The third-order valence-electron chi connectivity index (χ3n) is 2.06. The van der Waals surface area contributed by atoms with E-state index in [0.717, 1.165) is 18.2 Å². The molecule has 1 atom stereocenters. The highest BCUT2D eigenvalue weighted by Gasteiger charge is 2.36. The number of phenolic OH excluding ortho intramolecular Hbond substituents is 1. The van der Waals surface area contributed by atoms with E-state index in [1.165, 1.54) is 0 Å². The Balaban J connectivity index is 0.00000256. The van der Waals surface area contributed by atoms with Gasteiger partial charge in [0.05, 0.1) is 16.1 Å². The molecule has 1 rings (SSSR count). The van der Waals surface area contributed by atoms with Crippen molar-refractivity contribution in [1.82, 2.24) is 0 Å². The van der Waals surface area contributed by atoms with Gasteiger partial charge in [-0.25, -0.2) is 0 Å². The maximum Gasteiger partial charge on any atom is 0.416 e. The Morgan fingerprint density at radius 3 is 2.35 bits per heavy atom. The third kappa shape index (κ3) is 3.37. The molecular formula is C10H10BrClF3NO. The molecule has 7 heteroatoms. The number of benzene rings is 1. The number of hydrogen-bond acceptors (Lipinski definition) is 2. The van der Waals surface area contributed by atoms with E-state index >= 15 is 0 Å². The van der Waals surface area contributed by atoms with Gasteiger partial charge in [0.1, 0.15) is 5.75 Å². The fourth-order valence-electron chi connectivity index (χ4n) is 1.28. The van der Waals surface area contributed by atoms with Gasteiger partial charge in [0.25, 0.3) is 0 Å². The van der Waals surface area contributed by atoms with Crippen LogP contribution in [0.15, 0.2) is 29.3 Å². The second kappa shape index (κ2) is 5.75. The summed E-state index contributed by atoms with van der Waals surface area (Å²) in [5, 5.41) is 9.57. The van der Waals surface area contributed by atoms with Crippen LogP contribution in [-0.2, 0) is 6.18 Å². The average Bonchev–Trinajstić information content (AvgIpc) is 2.19. The Hall–Kier alpha value is -0.720. The van der Waals surface area contributed by atoms with Crippen LogP contribution in [0.5, 0.6) is 5.75 Å². The predicted molar refractivity (Wildman–Crippen MR) is 65.2 cm³/mol. The topological polar surface area (TPSA) is 46.2 Å². The zero-order valence-corrected chi connectivity index (χ0v) is 10.9. The van der Waals surface area contributed by atoms with Crippen molar-refractivity contribution in [1.29, 1.82) is 0 Å². The van der Waals surface area contributed by atoms with E-state index in [9.17, 15) is 18.3 Å². The van der Waals surface area contributed by atoms with E-state index < -0.39 is 23.5 Å². The molecule has 0 fully saturated rings. The van der Waals surface area contributed by atoms with Crippen LogP contribution in [-0.4, -0.2) is 5.11 Å². The molecule has 2 nitrogen and oxygen atoms in total. The fourth-order valence-corrected chi connectivity index (χ4v) is 1.63. The Morgan fingerprint density at radius 1 is 1.41 bits per heavy atom. The lowest BCUT2D eigenvalue weighted by Gasteiger charge is -2.18. The summed E-state index contributed by atoms with van der Waals surface area (Å²) in [6, 6.07) is 0.911. The molecule has 0 saturated heterocycles. The average molecular weight is 333 g/mol. The number of hydrogen-bond donors (Lipinski definition) is 2. The van der Waals surface area contributed by atoms with Crippen molar-refractivity contribution >= 4 is 28.3 Å². The van der Waals surface area contributed by atoms with Crippen LogP contribution in [0.3, 0.4) is 0 Å². The van der Waals surface area contributed by atoms with Gasteiger partial charge in [-0.2, -0.15) is 13.2 Å². The zero-order valence-electron chi connectivity index (χ0n) is 8.46. The summed E-state index contributed by atoms with van der Waals surface area (Å²) in [5.41, 5.74) is 4.13. The second-order valence-corrected chi connectivity index (χ2v) is 3.97. The summed E-state index contributed by atoms with van der Waals surface area (Å²) >= 11 is 2.94. The van der Waals surface area contributed by atoms with Crippen LogP contribution in [0, 0.1) is 0 Å². The molecule has 1 aromatic rings. The molecule has 17 heavy (non-hydrogen) atoms. The van der Waals surface area contributed by atoms with E-state index in [0.29, 0.717) is 0 Å². The van der Waals surface area contributed by atoms with Gasteiger partial charge >= 0.3 is 6.18 Å². The first-order chi connectivity index (χ1) is 7.29. The van der Waals surface area contributed by atoms with Gasteiger partial charge in [0.15, 0.2) is 0 Å². The Kier molecular flexibility index (Phi) is 5.51. The highest BCUT2D eigenvalue weighted by Crippen LogP contribution is 2.41. The lowest BCUT2D eigenvalue weighted by Crippen LogP contribution is -2.16. The Bertz CT molecular complexity index is 423. The number of aromatic hydroxyl groups is 1. The minimum absolute atomic E-state index is 0. The van der Waals surface area contributed by atoms with Crippen LogP contribution >= 0.6 is 28.3 Å².